The van der Waals surface area contributed by atoms with Gasteiger partial charge in [-0.1, -0.05) is 43.7 Å². The van der Waals surface area contributed by atoms with Gasteiger partial charge in [0, 0.05) is 37.7 Å². The Labute approximate surface area is 191 Å². The first-order chi connectivity index (χ1) is 15.2. The van der Waals surface area contributed by atoms with E-state index in [1.807, 2.05) is 61.9 Å². The number of nitrogens with zero attached hydrogens (tertiary/aromatic N) is 3. The normalized spacial score (nSPS) is 12.4. The Morgan fingerprint density at radius 2 is 1.91 bits per heavy atom. The van der Waals surface area contributed by atoms with Crippen molar-refractivity contribution >= 4 is 12.1 Å². The second kappa shape index (κ2) is 12.3. The molecule has 1 heterocycles. The molecule has 1 aromatic heterocycles. The molecule has 1 aromatic carbocycles. The molecule has 1 atom stereocenters. The molecule has 7 nitrogen and oxygen atoms in total. The third kappa shape index (κ3) is 9.12. The lowest BCUT2D eigenvalue weighted by Gasteiger charge is -2.28. The minimum absolute atomic E-state index is 0.360. The molecule has 2 aromatic rings. The van der Waals surface area contributed by atoms with Crippen LogP contribution in [-0.4, -0.2) is 38.7 Å². The SMILES string of the molecule is CCCn1cnc(CC(CCCCN(Cc2ccccc2)C(=O)OC(C)(C)C)C(=O)[O-])c1. The van der Waals surface area contributed by atoms with Crippen LogP contribution in [0.2, 0.25) is 0 Å². The predicted octanol–water partition coefficient (Wildman–Crippen LogP) is 3.81. The maximum Gasteiger partial charge on any atom is 0.410 e. The average molecular weight is 443 g/mol. The number of carboxylic acid groups (broad SMARTS) is 1. The minimum atomic E-state index is -1.05. The number of rotatable bonds is 12. The molecule has 0 N–H and O–H groups in total. The maximum atomic E-state index is 12.7. The van der Waals surface area contributed by atoms with Crippen molar-refractivity contribution in [1.82, 2.24) is 14.5 Å². The summed E-state index contributed by atoms with van der Waals surface area (Å²) in [5.74, 6) is -1.65. The summed E-state index contributed by atoms with van der Waals surface area (Å²) in [5, 5.41) is 11.6. The number of carboxylic acids is 1. The van der Waals surface area contributed by atoms with E-state index in [9.17, 15) is 14.7 Å². The van der Waals surface area contributed by atoms with E-state index in [1.54, 1.807) is 11.2 Å². The van der Waals surface area contributed by atoms with Crippen LogP contribution in [0.25, 0.3) is 0 Å². The number of unbranched alkanes of at least 4 members (excludes halogenated alkanes) is 1. The predicted molar refractivity (Wildman–Crippen MR) is 122 cm³/mol. The van der Waals surface area contributed by atoms with Gasteiger partial charge in [0.05, 0.1) is 12.0 Å². The Kier molecular flexibility index (Phi) is 9.75. The number of hydrogen-bond donors (Lipinski definition) is 0. The van der Waals surface area contributed by atoms with Crippen molar-refractivity contribution in [2.45, 2.75) is 78.5 Å². The van der Waals surface area contributed by atoms with E-state index in [4.69, 9.17) is 4.74 Å². The summed E-state index contributed by atoms with van der Waals surface area (Å²) in [7, 11) is 0. The number of carbonyl (C=O) groups is 2. The van der Waals surface area contributed by atoms with Crippen LogP contribution in [0, 0.1) is 5.92 Å². The van der Waals surface area contributed by atoms with E-state index < -0.39 is 17.5 Å². The van der Waals surface area contributed by atoms with Crippen molar-refractivity contribution in [3.63, 3.8) is 0 Å². The number of ether oxygens (including phenoxy) is 1. The lowest BCUT2D eigenvalue weighted by atomic mass is 9.97. The highest BCUT2D eigenvalue weighted by Crippen LogP contribution is 2.17. The summed E-state index contributed by atoms with van der Waals surface area (Å²) < 4.78 is 7.54. The van der Waals surface area contributed by atoms with Gasteiger partial charge in [0.1, 0.15) is 5.60 Å². The van der Waals surface area contributed by atoms with Crippen LogP contribution in [0.4, 0.5) is 4.79 Å². The number of carbonyl (C=O) groups excluding carboxylic acids is 2. The van der Waals surface area contributed by atoms with Crippen molar-refractivity contribution < 1.29 is 19.4 Å². The van der Waals surface area contributed by atoms with Gasteiger partial charge < -0.3 is 24.1 Å². The van der Waals surface area contributed by atoms with Crippen molar-refractivity contribution in [3.8, 4) is 0 Å². The molecule has 1 amide bonds. The number of hydrogen-bond acceptors (Lipinski definition) is 5. The van der Waals surface area contributed by atoms with Crippen LogP contribution in [0.15, 0.2) is 42.9 Å². The van der Waals surface area contributed by atoms with E-state index in [0.717, 1.165) is 24.2 Å². The highest BCUT2D eigenvalue weighted by molar-refractivity contribution is 5.68. The molecule has 1 unspecified atom stereocenters. The third-order valence-corrected chi connectivity index (χ3v) is 5.06. The number of amides is 1. The largest absolute Gasteiger partial charge is 0.550 e. The second-order valence-corrected chi connectivity index (χ2v) is 9.21. The smallest absolute Gasteiger partial charge is 0.410 e. The van der Waals surface area contributed by atoms with Crippen LogP contribution < -0.4 is 5.11 Å². The van der Waals surface area contributed by atoms with Gasteiger partial charge in [0.15, 0.2) is 0 Å². The highest BCUT2D eigenvalue weighted by atomic mass is 16.6. The molecule has 0 aliphatic carbocycles. The molecule has 0 fully saturated rings. The Morgan fingerprint density at radius 1 is 1.19 bits per heavy atom. The molecule has 0 aliphatic rings. The van der Waals surface area contributed by atoms with E-state index in [-0.39, 0.29) is 6.09 Å². The fourth-order valence-corrected chi connectivity index (χ4v) is 3.51. The minimum Gasteiger partial charge on any atom is -0.550 e. The summed E-state index contributed by atoms with van der Waals surface area (Å²) in [6, 6.07) is 9.76. The van der Waals surface area contributed by atoms with E-state index in [2.05, 4.69) is 11.9 Å². The first kappa shape index (κ1) is 25.4. The molecule has 0 spiro atoms. The lowest BCUT2D eigenvalue weighted by Crippen LogP contribution is -2.37. The Hall–Kier alpha value is -2.83. The fraction of sp³-hybridized carbons (Fsp3) is 0.560. The molecule has 0 radical (unpaired) electrons. The molecule has 0 bridgehead atoms. The van der Waals surface area contributed by atoms with E-state index in [1.165, 1.54) is 0 Å². The van der Waals surface area contributed by atoms with Crippen LogP contribution in [0.3, 0.4) is 0 Å². The highest BCUT2D eigenvalue weighted by Gasteiger charge is 2.22. The third-order valence-electron chi connectivity index (χ3n) is 5.06. The summed E-state index contributed by atoms with van der Waals surface area (Å²) in [6.45, 7) is 9.43. The van der Waals surface area contributed by atoms with Gasteiger partial charge in [0.2, 0.25) is 0 Å². The quantitative estimate of drug-likeness (QED) is 0.467. The van der Waals surface area contributed by atoms with E-state index in [0.29, 0.717) is 38.8 Å². The van der Waals surface area contributed by atoms with Crippen LogP contribution in [-0.2, 0) is 29.0 Å². The Morgan fingerprint density at radius 3 is 2.53 bits per heavy atom. The van der Waals surface area contributed by atoms with Gasteiger partial charge in [0.25, 0.3) is 0 Å². The van der Waals surface area contributed by atoms with E-state index >= 15 is 0 Å². The lowest BCUT2D eigenvalue weighted by molar-refractivity contribution is -0.311. The standard InChI is InChI=1S/C25H37N3O4/c1-5-14-27-18-22(26-19-27)16-21(23(29)30)13-9-10-15-28(24(31)32-25(2,3)4)17-20-11-7-6-8-12-20/h6-8,11-12,18-19,21H,5,9-10,13-17H2,1-4H3,(H,29,30)/p-1. The number of benzene rings is 1. The van der Waals surface area contributed by atoms with Gasteiger partial charge in [-0.15, -0.1) is 0 Å². The van der Waals surface area contributed by atoms with Crippen molar-refractivity contribution in [3.05, 3.63) is 54.1 Å². The maximum absolute atomic E-state index is 12.7. The zero-order chi connectivity index (χ0) is 23.6. The molecule has 0 saturated heterocycles. The van der Waals surface area contributed by atoms with Gasteiger partial charge in [-0.25, -0.2) is 9.78 Å². The number of aryl methyl sites for hydroxylation is 1. The van der Waals surface area contributed by atoms with Gasteiger partial charge in [-0.3, -0.25) is 0 Å². The number of imidazole rings is 1. The molecular weight excluding hydrogens is 406 g/mol. The fourth-order valence-electron chi connectivity index (χ4n) is 3.51. The average Bonchev–Trinajstić information content (AvgIpc) is 3.16. The molecule has 176 valence electrons. The van der Waals surface area contributed by atoms with Crippen molar-refractivity contribution in [2.24, 2.45) is 5.92 Å². The summed E-state index contributed by atoms with van der Waals surface area (Å²) in [4.78, 5) is 30.3. The van der Waals surface area contributed by atoms with Crippen molar-refractivity contribution in [2.75, 3.05) is 6.54 Å². The number of aliphatic carboxylic acids is 1. The van der Waals surface area contributed by atoms with Crippen LogP contribution in [0.5, 0.6) is 0 Å². The molecule has 32 heavy (non-hydrogen) atoms. The second-order valence-electron chi connectivity index (χ2n) is 9.21. The zero-order valence-electron chi connectivity index (χ0n) is 19.8. The van der Waals surface area contributed by atoms with Gasteiger partial charge in [-0.05, 0) is 52.0 Å². The zero-order valence-corrected chi connectivity index (χ0v) is 19.8. The Bertz CT molecular complexity index is 842. The van der Waals surface area contributed by atoms with Gasteiger partial charge in [-0.2, -0.15) is 0 Å². The van der Waals surface area contributed by atoms with Crippen LogP contribution >= 0.6 is 0 Å². The summed E-state index contributed by atoms with van der Waals surface area (Å²) >= 11 is 0. The molecule has 2 rings (SSSR count). The topological polar surface area (TPSA) is 87.5 Å². The first-order valence-corrected chi connectivity index (χ1v) is 11.4. The molecule has 0 saturated carbocycles. The summed E-state index contributed by atoms with van der Waals surface area (Å²) in [6.07, 6.45) is 6.48. The molecule has 7 heteroatoms. The Balaban J connectivity index is 1.90. The molecule has 0 aliphatic heterocycles. The van der Waals surface area contributed by atoms with Crippen LogP contribution in [0.1, 0.15) is 64.6 Å². The number of aromatic nitrogens is 2. The van der Waals surface area contributed by atoms with Crippen molar-refractivity contribution in [1.29, 1.82) is 0 Å². The summed E-state index contributed by atoms with van der Waals surface area (Å²) in [5.41, 5.74) is 1.22. The monoisotopic (exact) mass is 442 g/mol. The first-order valence-electron chi connectivity index (χ1n) is 11.4. The van der Waals surface area contributed by atoms with Gasteiger partial charge >= 0.3 is 6.09 Å². The molecular formula is C25H36N3O4-.